The number of thiophene rings is 1. The Morgan fingerprint density at radius 1 is 1.47 bits per heavy atom. The van der Waals surface area contributed by atoms with Gasteiger partial charge in [0.05, 0.1) is 21.4 Å². The van der Waals surface area contributed by atoms with E-state index in [0.29, 0.717) is 17.2 Å². The van der Waals surface area contributed by atoms with E-state index in [1.54, 1.807) is 30.4 Å². The quantitative estimate of drug-likeness (QED) is 0.668. The number of anilines is 1. The third kappa shape index (κ3) is 2.62. The Morgan fingerprint density at radius 2 is 2.13 bits per heavy atom. The molecule has 3 nitrogen and oxygen atoms in total. The van der Waals surface area contributed by atoms with Crippen LogP contribution in [0.5, 0.6) is 0 Å². The highest BCUT2D eigenvalue weighted by molar-refractivity contribution is 8.03. The van der Waals surface area contributed by atoms with E-state index in [1.807, 2.05) is 12.5 Å². The van der Waals surface area contributed by atoms with Crippen LogP contribution in [0.1, 0.15) is 16.6 Å². The van der Waals surface area contributed by atoms with Gasteiger partial charge in [0, 0.05) is 0 Å². The van der Waals surface area contributed by atoms with Crippen molar-refractivity contribution in [2.75, 3.05) is 24.9 Å². The molecule has 0 radical (unpaired) electrons. The summed E-state index contributed by atoms with van der Waals surface area (Å²) in [6.07, 6.45) is 3.92. The molecule has 0 aliphatic rings. The van der Waals surface area contributed by atoms with Crippen molar-refractivity contribution in [3.05, 3.63) is 4.88 Å². The molecule has 0 aliphatic heterocycles. The lowest BCUT2D eigenvalue weighted by Gasteiger charge is -2.00. The number of rotatable bonds is 4. The van der Waals surface area contributed by atoms with Gasteiger partial charge in [-0.25, -0.2) is 4.79 Å². The van der Waals surface area contributed by atoms with Crippen LogP contribution in [-0.4, -0.2) is 25.1 Å². The van der Waals surface area contributed by atoms with Gasteiger partial charge >= 0.3 is 5.97 Å². The van der Waals surface area contributed by atoms with Crippen LogP contribution < -0.4 is 5.73 Å². The molecule has 2 N–H and O–H groups in total. The van der Waals surface area contributed by atoms with Crippen LogP contribution >= 0.6 is 34.9 Å². The number of nitrogens with two attached hydrogens (primary N) is 1. The molecule has 1 aromatic rings. The summed E-state index contributed by atoms with van der Waals surface area (Å²) in [5.74, 6) is -0.324. The first-order valence-electron chi connectivity index (χ1n) is 4.33. The molecular weight excluding hydrogens is 250 g/mol. The maximum Gasteiger partial charge on any atom is 0.350 e. The summed E-state index contributed by atoms with van der Waals surface area (Å²) in [6, 6.07) is 0. The Labute approximate surface area is 102 Å². The van der Waals surface area contributed by atoms with E-state index in [2.05, 4.69) is 0 Å². The Kier molecular flexibility index (Phi) is 4.82. The van der Waals surface area contributed by atoms with Crippen LogP contribution in [0, 0.1) is 0 Å². The number of nitrogen functional groups attached to an aromatic ring is 1. The van der Waals surface area contributed by atoms with Crippen molar-refractivity contribution in [2.45, 2.75) is 16.0 Å². The zero-order chi connectivity index (χ0) is 11.4. The van der Waals surface area contributed by atoms with E-state index >= 15 is 0 Å². The second-order valence-electron chi connectivity index (χ2n) is 2.59. The van der Waals surface area contributed by atoms with Gasteiger partial charge in [-0.3, -0.25) is 0 Å². The van der Waals surface area contributed by atoms with Gasteiger partial charge in [0.1, 0.15) is 4.88 Å². The van der Waals surface area contributed by atoms with E-state index < -0.39 is 0 Å². The lowest BCUT2D eigenvalue weighted by Crippen LogP contribution is -2.04. The van der Waals surface area contributed by atoms with E-state index in [1.165, 1.54) is 11.3 Å². The van der Waals surface area contributed by atoms with Gasteiger partial charge in [-0.15, -0.1) is 34.9 Å². The normalized spacial score (nSPS) is 10.3. The average Bonchev–Trinajstić information content (AvgIpc) is 2.55. The molecule has 0 spiro atoms. The Hall–Kier alpha value is -0.330. The molecule has 0 amide bonds. The van der Waals surface area contributed by atoms with Crippen LogP contribution in [0.25, 0.3) is 0 Å². The molecule has 84 valence electrons. The van der Waals surface area contributed by atoms with Crippen molar-refractivity contribution >= 4 is 46.5 Å². The molecule has 0 atom stereocenters. The molecule has 0 aliphatic carbocycles. The maximum atomic E-state index is 11.6. The van der Waals surface area contributed by atoms with E-state index in [-0.39, 0.29) is 5.97 Å². The van der Waals surface area contributed by atoms with Gasteiger partial charge in [-0.1, -0.05) is 0 Å². The Bertz CT molecular complexity index is 362. The van der Waals surface area contributed by atoms with Crippen molar-refractivity contribution in [1.29, 1.82) is 0 Å². The van der Waals surface area contributed by atoms with Gasteiger partial charge in [-0.05, 0) is 19.4 Å². The highest BCUT2D eigenvalue weighted by atomic mass is 32.2. The summed E-state index contributed by atoms with van der Waals surface area (Å²) in [7, 11) is 0. The molecule has 0 unspecified atom stereocenters. The molecule has 0 saturated carbocycles. The summed E-state index contributed by atoms with van der Waals surface area (Å²) >= 11 is 4.56. The monoisotopic (exact) mass is 263 g/mol. The summed E-state index contributed by atoms with van der Waals surface area (Å²) in [5.41, 5.74) is 6.45. The fraction of sp³-hybridized carbons (Fsp3) is 0.444. The van der Waals surface area contributed by atoms with Gasteiger partial charge in [0.25, 0.3) is 0 Å². The van der Waals surface area contributed by atoms with Crippen molar-refractivity contribution in [3.8, 4) is 0 Å². The molecule has 1 heterocycles. The minimum atomic E-state index is -0.324. The van der Waals surface area contributed by atoms with Crippen molar-refractivity contribution < 1.29 is 9.53 Å². The second kappa shape index (κ2) is 5.67. The number of carbonyl (C=O) groups excluding carboxylic acids is 1. The zero-order valence-corrected chi connectivity index (χ0v) is 11.3. The number of hydrogen-bond acceptors (Lipinski definition) is 6. The van der Waals surface area contributed by atoms with Crippen LogP contribution in [0.15, 0.2) is 9.10 Å². The lowest BCUT2D eigenvalue weighted by molar-refractivity contribution is 0.0533. The summed E-state index contributed by atoms with van der Waals surface area (Å²) in [5, 5.41) is 0. The minimum Gasteiger partial charge on any atom is -0.462 e. The SMILES string of the molecule is CCOC(=O)c1sc(SC)c(SC)c1N. The summed E-state index contributed by atoms with van der Waals surface area (Å²) < 4.78 is 6.01. The second-order valence-corrected chi connectivity index (χ2v) is 5.50. The number of hydrogen-bond donors (Lipinski definition) is 1. The first kappa shape index (κ1) is 12.7. The standard InChI is InChI=1S/C9H13NO2S3/c1-4-12-8(11)6-5(10)7(13-2)9(14-3)15-6/h4,10H2,1-3H3. The Morgan fingerprint density at radius 3 is 2.53 bits per heavy atom. The van der Waals surface area contributed by atoms with Gasteiger partial charge in [0.15, 0.2) is 0 Å². The van der Waals surface area contributed by atoms with Crippen molar-refractivity contribution in [2.24, 2.45) is 0 Å². The maximum absolute atomic E-state index is 11.6. The van der Waals surface area contributed by atoms with Crippen LogP contribution in [0.4, 0.5) is 5.69 Å². The van der Waals surface area contributed by atoms with E-state index in [9.17, 15) is 4.79 Å². The van der Waals surface area contributed by atoms with Gasteiger partial charge in [0.2, 0.25) is 0 Å². The number of thioether (sulfide) groups is 2. The lowest BCUT2D eigenvalue weighted by atomic mass is 10.4. The first-order chi connectivity index (χ1) is 7.15. The largest absolute Gasteiger partial charge is 0.462 e. The fourth-order valence-electron chi connectivity index (χ4n) is 1.08. The third-order valence-corrected chi connectivity index (χ3v) is 5.12. The van der Waals surface area contributed by atoms with Crippen molar-refractivity contribution in [1.82, 2.24) is 0 Å². The topological polar surface area (TPSA) is 52.3 Å². The van der Waals surface area contributed by atoms with Gasteiger partial charge < -0.3 is 10.5 Å². The first-order valence-corrected chi connectivity index (χ1v) is 7.59. The average molecular weight is 263 g/mol. The third-order valence-electron chi connectivity index (χ3n) is 1.72. The summed E-state index contributed by atoms with van der Waals surface area (Å²) in [4.78, 5) is 13.1. The minimum absolute atomic E-state index is 0.324. The number of carbonyl (C=O) groups is 1. The zero-order valence-electron chi connectivity index (χ0n) is 8.83. The van der Waals surface area contributed by atoms with E-state index in [0.717, 1.165) is 9.10 Å². The predicted octanol–water partition coefficient (Wildman–Crippen LogP) is 2.95. The highest BCUT2D eigenvalue weighted by Gasteiger charge is 2.20. The predicted molar refractivity (Wildman–Crippen MR) is 68.2 cm³/mol. The molecule has 0 fully saturated rings. The Balaban J connectivity index is 3.09. The molecular formula is C9H13NO2S3. The molecule has 0 aromatic carbocycles. The van der Waals surface area contributed by atoms with E-state index in [4.69, 9.17) is 10.5 Å². The van der Waals surface area contributed by atoms with Crippen LogP contribution in [-0.2, 0) is 4.74 Å². The van der Waals surface area contributed by atoms with Crippen LogP contribution in [0.2, 0.25) is 0 Å². The molecule has 1 aromatic heterocycles. The number of esters is 1. The fourth-order valence-corrected chi connectivity index (χ4v) is 4.13. The molecule has 15 heavy (non-hydrogen) atoms. The van der Waals surface area contributed by atoms with Crippen LogP contribution in [0.3, 0.4) is 0 Å². The smallest absolute Gasteiger partial charge is 0.350 e. The molecule has 0 saturated heterocycles. The molecule has 6 heteroatoms. The highest BCUT2D eigenvalue weighted by Crippen LogP contribution is 2.42. The summed E-state index contributed by atoms with van der Waals surface area (Å²) in [6.45, 7) is 2.16. The van der Waals surface area contributed by atoms with Crippen molar-refractivity contribution in [3.63, 3.8) is 0 Å². The molecule has 0 bridgehead atoms. The van der Waals surface area contributed by atoms with Gasteiger partial charge in [-0.2, -0.15) is 0 Å². The number of ether oxygens (including phenoxy) is 1. The molecule has 1 rings (SSSR count).